The van der Waals surface area contributed by atoms with E-state index < -0.39 is 0 Å². The average molecular weight is 244 g/mol. The van der Waals surface area contributed by atoms with Gasteiger partial charge in [0.25, 0.3) is 0 Å². The highest BCUT2D eigenvalue weighted by atomic mass is 15.2. The highest BCUT2D eigenvalue weighted by Gasteiger charge is 2.16. The van der Waals surface area contributed by atoms with Gasteiger partial charge in [-0.05, 0) is 25.0 Å². The Balaban J connectivity index is 2.47. The van der Waals surface area contributed by atoms with Crippen LogP contribution in [-0.2, 0) is 0 Å². The van der Waals surface area contributed by atoms with Crippen LogP contribution < -0.4 is 10.6 Å². The van der Waals surface area contributed by atoms with Crippen LogP contribution in [0.25, 0.3) is 11.0 Å². The number of rotatable bonds is 4. The molecule has 18 heavy (non-hydrogen) atoms. The van der Waals surface area contributed by atoms with Gasteiger partial charge in [0, 0.05) is 13.1 Å². The molecule has 0 unspecified atom stereocenters. The monoisotopic (exact) mass is 244 g/mol. The molecule has 2 aromatic rings. The van der Waals surface area contributed by atoms with E-state index in [1.165, 1.54) is 0 Å². The molecule has 0 amide bonds. The zero-order valence-electron chi connectivity index (χ0n) is 11.2. The van der Waals surface area contributed by atoms with E-state index in [-0.39, 0.29) is 0 Å². The largest absolute Gasteiger partial charge is 0.381 e. The van der Waals surface area contributed by atoms with E-state index in [4.69, 9.17) is 5.73 Å². The summed E-state index contributed by atoms with van der Waals surface area (Å²) in [4.78, 5) is 11.2. The number of nitrogens with two attached hydrogens (primary N) is 1. The molecule has 4 heteroatoms. The third-order valence-corrected chi connectivity index (χ3v) is 3.40. The van der Waals surface area contributed by atoms with Crippen LogP contribution in [0.15, 0.2) is 24.3 Å². The van der Waals surface area contributed by atoms with E-state index in [9.17, 15) is 0 Å². The maximum atomic E-state index is 6.02. The van der Waals surface area contributed by atoms with Crippen LogP contribution in [0.5, 0.6) is 0 Å². The van der Waals surface area contributed by atoms with Crippen molar-refractivity contribution in [3.05, 3.63) is 24.3 Å². The second-order valence-electron chi connectivity index (χ2n) is 4.50. The van der Waals surface area contributed by atoms with E-state index in [2.05, 4.69) is 28.7 Å². The van der Waals surface area contributed by atoms with Crippen LogP contribution >= 0.6 is 0 Å². The van der Waals surface area contributed by atoms with Crippen molar-refractivity contribution in [2.75, 3.05) is 17.7 Å². The summed E-state index contributed by atoms with van der Waals surface area (Å²) in [6, 6.07) is 8.25. The number of hydrogen-bond acceptors (Lipinski definition) is 4. The normalized spacial score (nSPS) is 11.1. The SMILES string of the molecule is CCC(CC)N(C)c1nc2ccccc2nc1N. The lowest BCUT2D eigenvalue weighted by atomic mass is 10.1. The molecule has 0 aliphatic carbocycles. The predicted octanol–water partition coefficient (Wildman–Crippen LogP) is 2.84. The lowest BCUT2D eigenvalue weighted by Crippen LogP contribution is -2.32. The number of anilines is 2. The molecule has 0 aliphatic rings. The predicted molar refractivity (Wildman–Crippen MR) is 76.7 cm³/mol. The fourth-order valence-corrected chi connectivity index (χ4v) is 2.27. The molecular formula is C14H20N4. The molecule has 0 atom stereocenters. The third-order valence-electron chi connectivity index (χ3n) is 3.40. The Kier molecular flexibility index (Phi) is 3.65. The molecule has 4 nitrogen and oxygen atoms in total. The molecular weight excluding hydrogens is 224 g/mol. The summed E-state index contributed by atoms with van der Waals surface area (Å²) >= 11 is 0. The first-order valence-electron chi connectivity index (χ1n) is 6.42. The lowest BCUT2D eigenvalue weighted by Gasteiger charge is -2.28. The molecule has 0 saturated heterocycles. The van der Waals surface area contributed by atoms with Gasteiger partial charge in [-0.3, -0.25) is 0 Å². The van der Waals surface area contributed by atoms with Gasteiger partial charge < -0.3 is 10.6 Å². The summed E-state index contributed by atoms with van der Waals surface area (Å²) in [7, 11) is 2.03. The Morgan fingerprint density at radius 3 is 2.22 bits per heavy atom. The first-order chi connectivity index (χ1) is 8.67. The molecule has 0 saturated carbocycles. The fraction of sp³-hybridized carbons (Fsp3) is 0.429. The van der Waals surface area contributed by atoms with Gasteiger partial charge in [0.1, 0.15) is 0 Å². The van der Waals surface area contributed by atoms with E-state index >= 15 is 0 Å². The fourth-order valence-electron chi connectivity index (χ4n) is 2.27. The first kappa shape index (κ1) is 12.6. The Hall–Kier alpha value is -1.84. The highest BCUT2D eigenvalue weighted by molar-refractivity contribution is 5.79. The van der Waals surface area contributed by atoms with Crippen molar-refractivity contribution in [2.24, 2.45) is 0 Å². The molecule has 0 fully saturated rings. The Morgan fingerprint density at radius 1 is 1.11 bits per heavy atom. The zero-order valence-corrected chi connectivity index (χ0v) is 11.2. The number of hydrogen-bond donors (Lipinski definition) is 1. The maximum Gasteiger partial charge on any atom is 0.172 e. The van der Waals surface area contributed by atoms with Crippen molar-refractivity contribution in [1.29, 1.82) is 0 Å². The summed E-state index contributed by atoms with van der Waals surface area (Å²) in [5, 5.41) is 0. The van der Waals surface area contributed by atoms with Crippen molar-refractivity contribution in [2.45, 2.75) is 32.7 Å². The summed E-state index contributed by atoms with van der Waals surface area (Å²) < 4.78 is 0. The molecule has 0 bridgehead atoms. The van der Waals surface area contributed by atoms with Gasteiger partial charge >= 0.3 is 0 Å². The van der Waals surface area contributed by atoms with E-state index in [1.807, 2.05) is 31.3 Å². The molecule has 96 valence electrons. The highest BCUT2D eigenvalue weighted by Crippen LogP contribution is 2.24. The van der Waals surface area contributed by atoms with Crippen molar-refractivity contribution in [3.63, 3.8) is 0 Å². The molecule has 2 N–H and O–H groups in total. The number of nitrogen functional groups attached to an aromatic ring is 1. The van der Waals surface area contributed by atoms with Crippen LogP contribution in [0.1, 0.15) is 26.7 Å². The minimum absolute atomic E-state index is 0.447. The van der Waals surface area contributed by atoms with Gasteiger partial charge in [-0.15, -0.1) is 0 Å². The Bertz CT molecular complexity index is 534. The minimum atomic E-state index is 0.447. The topological polar surface area (TPSA) is 55.0 Å². The van der Waals surface area contributed by atoms with E-state index in [1.54, 1.807) is 0 Å². The standard InChI is InChI=1S/C14H20N4/c1-4-10(5-2)18(3)14-13(15)16-11-8-6-7-9-12(11)17-14/h6-10H,4-5H2,1-3H3,(H2,15,16). The molecule has 1 aromatic heterocycles. The van der Waals surface area contributed by atoms with Crippen LogP contribution in [0, 0.1) is 0 Å². The minimum Gasteiger partial charge on any atom is -0.381 e. The van der Waals surface area contributed by atoms with Gasteiger partial charge in [-0.2, -0.15) is 0 Å². The van der Waals surface area contributed by atoms with E-state index in [0.29, 0.717) is 11.9 Å². The average Bonchev–Trinajstić information content (AvgIpc) is 2.39. The van der Waals surface area contributed by atoms with Crippen molar-refractivity contribution in [1.82, 2.24) is 9.97 Å². The Labute approximate surface area is 108 Å². The molecule has 1 heterocycles. The van der Waals surface area contributed by atoms with Crippen LogP contribution in [0.2, 0.25) is 0 Å². The third kappa shape index (κ3) is 2.23. The first-order valence-corrected chi connectivity index (χ1v) is 6.42. The summed E-state index contributed by atoms with van der Waals surface area (Å²) in [6.07, 6.45) is 2.14. The maximum absolute atomic E-state index is 6.02. The van der Waals surface area contributed by atoms with E-state index in [0.717, 1.165) is 29.7 Å². The van der Waals surface area contributed by atoms with Gasteiger partial charge in [-0.1, -0.05) is 26.0 Å². The summed E-state index contributed by atoms with van der Waals surface area (Å²) in [5.74, 6) is 1.28. The van der Waals surface area contributed by atoms with Gasteiger partial charge in [-0.25, -0.2) is 9.97 Å². The number of nitrogens with zero attached hydrogens (tertiary/aromatic N) is 3. The van der Waals surface area contributed by atoms with Gasteiger partial charge in [0.05, 0.1) is 11.0 Å². The molecule has 0 aliphatic heterocycles. The second-order valence-corrected chi connectivity index (χ2v) is 4.50. The second kappa shape index (κ2) is 5.21. The van der Waals surface area contributed by atoms with Gasteiger partial charge in [0.15, 0.2) is 11.6 Å². The lowest BCUT2D eigenvalue weighted by molar-refractivity contribution is 0.587. The smallest absolute Gasteiger partial charge is 0.172 e. The number of aromatic nitrogens is 2. The molecule has 1 aromatic carbocycles. The molecule has 0 radical (unpaired) electrons. The molecule has 0 spiro atoms. The van der Waals surface area contributed by atoms with Crippen LogP contribution in [0.4, 0.5) is 11.6 Å². The van der Waals surface area contributed by atoms with Crippen LogP contribution in [0.3, 0.4) is 0 Å². The molecule has 2 rings (SSSR count). The van der Waals surface area contributed by atoms with Crippen molar-refractivity contribution >= 4 is 22.7 Å². The number of para-hydroxylation sites is 2. The quantitative estimate of drug-likeness (QED) is 0.898. The van der Waals surface area contributed by atoms with Crippen molar-refractivity contribution in [3.8, 4) is 0 Å². The Morgan fingerprint density at radius 2 is 1.67 bits per heavy atom. The van der Waals surface area contributed by atoms with Crippen LogP contribution in [-0.4, -0.2) is 23.1 Å². The van der Waals surface area contributed by atoms with Gasteiger partial charge in [0.2, 0.25) is 0 Å². The number of fused-ring (bicyclic) bond motifs is 1. The van der Waals surface area contributed by atoms with Crippen molar-refractivity contribution < 1.29 is 0 Å². The summed E-state index contributed by atoms with van der Waals surface area (Å²) in [5.41, 5.74) is 7.75. The zero-order chi connectivity index (χ0) is 13.1. The summed E-state index contributed by atoms with van der Waals surface area (Å²) in [6.45, 7) is 4.35. The number of benzene rings is 1.